The number of aromatic nitrogens is 3. The highest BCUT2D eigenvalue weighted by Crippen LogP contribution is 2.29. The molecule has 140 valence electrons. The Hall–Kier alpha value is -3.52. The Morgan fingerprint density at radius 3 is 2.57 bits per heavy atom. The zero-order valence-electron chi connectivity index (χ0n) is 15.3. The lowest BCUT2D eigenvalue weighted by Crippen LogP contribution is -2.14. The van der Waals surface area contributed by atoms with Gasteiger partial charge in [0, 0.05) is 18.3 Å². The summed E-state index contributed by atoms with van der Waals surface area (Å²) in [6.07, 6.45) is 0. The Labute approximate surface area is 164 Å². The van der Waals surface area contributed by atoms with Crippen LogP contribution in [0.4, 0.5) is 5.69 Å². The third-order valence-corrected chi connectivity index (χ3v) is 5.31. The van der Waals surface area contributed by atoms with Crippen molar-refractivity contribution in [3.05, 3.63) is 64.7 Å². The maximum absolute atomic E-state index is 13.1. The topological polar surface area (TPSA) is 103 Å². The Morgan fingerprint density at radius 1 is 1.18 bits per heavy atom. The molecule has 28 heavy (non-hydrogen) atoms. The highest BCUT2D eigenvalue weighted by molar-refractivity contribution is 7.13. The van der Waals surface area contributed by atoms with Crippen LogP contribution < -0.4 is 11.1 Å². The summed E-state index contributed by atoms with van der Waals surface area (Å²) in [6.45, 7) is 1.85. The molecule has 0 atom stereocenters. The van der Waals surface area contributed by atoms with Crippen molar-refractivity contribution in [2.45, 2.75) is 6.92 Å². The van der Waals surface area contributed by atoms with Crippen LogP contribution in [0.3, 0.4) is 0 Å². The fraction of sp³-hybridized carbons (Fsp3) is 0.100. The lowest BCUT2D eigenvalue weighted by molar-refractivity contribution is 0.0998. The molecular weight excluding hydrogens is 374 g/mol. The molecule has 0 radical (unpaired) electrons. The van der Waals surface area contributed by atoms with Gasteiger partial charge in [0.25, 0.3) is 5.91 Å². The predicted molar refractivity (Wildman–Crippen MR) is 109 cm³/mol. The van der Waals surface area contributed by atoms with Gasteiger partial charge in [0.15, 0.2) is 5.65 Å². The number of thiophene rings is 1. The zero-order chi connectivity index (χ0) is 19.8. The number of nitrogens with zero attached hydrogens (tertiary/aromatic N) is 3. The van der Waals surface area contributed by atoms with Gasteiger partial charge in [-0.05, 0) is 48.7 Å². The van der Waals surface area contributed by atoms with Crippen LogP contribution in [0, 0.1) is 6.92 Å². The molecular formula is C20H17N5O2S. The van der Waals surface area contributed by atoms with Gasteiger partial charge in [0.05, 0.1) is 27.2 Å². The number of anilines is 1. The second kappa shape index (κ2) is 6.90. The summed E-state index contributed by atoms with van der Waals surface area (Å²) in [4.78, 5) is 29.9. The quantitative estimate of drug-likeness (QED) is 0.557. The van der Waals surface area contributed by atoms with E-state index in [-0.39, 0.29) is 5.91 Å². The van der Waals surface area contributed by atoms with Crippen molar-refractivity contribution in [2.24, 2.45) is 12.8 Å². The molecule has 0 saturated carbocycles. The Morgan fingerprint density at radius 2 is 1.93 bits per heavy atom. The van der Waals surface area contributed by atoms with E-state index in [2.05, 4.69) is 10.4 Å². The van der Waals surface area contributed by atoms with Crippen LogP contribution in [0.1, 0.15) is 26.4 Å². The van der Waals surface area contributed by atoms with Crippen molar-refractivity contribution in [3.8, 4) is 10.6 Å². The first kappa shape index (κ1) is 17.9. The van der Waals surface area contributed by atoms with Gasteiger partial charge >= 0.3 is 0 Å². The standard InChI is InChI=1S/C20H17N5O2S/c1-11-17-14(20(27)22-13-7-5-12(6-8-13)18(21)26)10-15(16-4-3-9-28-16)23-19(17)25(2)24-11/h3-10H,1-2H3,(H2,21,26)(H,22,27). The van der Waals surface area contributed by atoms with Crippen molar-refractivity contribution in [3.63, 3.8) is 0 Å². The zero-order valence-corrected chi connectivity index (χ0v) is 16.1. The molecule has 0 bridgehead atoms. The molecule has 4 aromatic rings. The summed E-state index contributed by atoms with van der Waals surface area (Å²) in [5.74, 6) is -0.784. The number of rotatable bonds is 4. The molecule has 3 heterocycles. The van der Waals surface area contributed by atoms with Crippen LogP contribution in [0.5, 0.6) is 0 Å². The second-order valence-electron chi connectivity index (χ2n) is 6.34. The number of hydrogen-bond donors (Lipinski definition) is 2. The SMILES string of the molecule is Cc1nn(C)c2nc(-c3cccs3)cc(C(=O)Nc3ccc(C(N)=O)cc3)c12. The molecule has 0 spiro atoms. The van der Waals surface area contributed by atoms with Crippen molar-refractivity contribution < 1.29 is 9.59 Å². The fourth-order valence-corrected chi connectivity index (χ4v) is 3.78. The predicted octanol–water partition coefficient (Wildman–Crippen LogP) is 3.36. The summed E-state index contributed by atoms with van der Waals surface area (Å²) in [5.41, 5.74) is 8.81. The van der Waals surface area contributed by atoms with E-state index in [0.717, 1.165) is 16.3 Å². The third-order valence-electron chi connectivity index (χ3n) is 4.41. The van der Waals surface area contributed by atoms with Crippen LogP contribution in [0.25, 0.3) is 21.6 Å². The smallest absolute Gasteiger partial charge is 0.256 e. The molecule has 0 fully saturated rings. The Kier molecular flexibility index (Phi) is 4.40. The van der Waals surface area contributed by atoms with Crippen molar-refractivity contribution in [1.29, 1.82) is 0 Å². The number of benzene rings is 1. The van der Waals surface area contributed by atoms with E-state index in [1.807, 2.05) is 31.5 Å². The van der Waals surface area contributed by atoms with Gasteiger partial charge in [-0.2, -0.15) is 5.10 Å². The molecule has 8 heteroatoms. The lowest BCUT2D eigenvalue weighted by Gasteiger charge is -2.09. The molecule has 0 aliphatic heterocycles. The van der Waals surface area contributed by atoms with Crippen LogP contribution in [0.2, 0.25) is 0 Å². The van der Waals surface area contributed by atoms with E-state index in [1.54, 1.807) is 46.4 Å². The minimum atomic E-state index is -0.514. The number of carbonyl (C=O) groups excluding carboxylic acids is 2. The fourth-order valence-electron chi connectivity index (χ4n) is 3.09. The van der Waals surface area contributed by atoms with Crippen molar-refractivity contribution in [1.82, 2.24) is 14.8 Å². The van der Waals surface area contributed by atoms with Crippen LogP contribution >= 0.6 is 11.3 Å². The number of aryl methyl sites for hydroxylation is 2. The average molecular weight is 391 g/mol. The van der Waals surface area contributed by atoms with Gasteiger partial charge in [-0.3, -0.25) is 14.3 Å². The number of carbonyl (C=O) groups is 2. The molecule has 0 aliphatic carbocycles. The Balaban J connectivity index is 1.78. The number of nitrogens with one attached hydrogen (secondary N) is 1. The average Bonchev–Trinajstić information content (AvgIpc) is 3.30. The van der Waals surface area contributed by atoms with Crippen LogP contribution in [-0.2, 0) is 7.05 Å². The largest absolute Gasteiger partial charge is 0.366 e. The summed E-state index contributed by atoms with van der Waals surface area (Å²) < 4.78 is 1.68. The van der Waals surface area contributed by atoms with Crippen molar-refractivity contribution >= 4 is 39.9 Å². The Bertz CT molecular complexity index is 1190. The summed E-state index contributed by atoms with van der Waals surface area (Å²) >= 11 is 1.56. The van der Waals surface area contributed by atoms with Crippen LogP contribution in [-0.4, -0.2) is 26.6 Å². The molecule has 2 amide bonds. The van der Waals surface area contributed by atoms with E-state index in [4.69, 9.17) is 10.7 Å². The number of pyridine rings is 1. The van der Waals surface area contributed by atoms with E-state index < -0.39 is 5.91 Å². The minimum Gasteiger partial charge on any atom is -0.366 e. The van der Waals surface area contributed by atoms with Gasteiger partial charge in [0.1, 0.15) is 0 Å². The first-order valence-corrected chi connectivity index (χ1v) is 9.41. The number of primary amides is 1. The highest BCUT2D eigenvalue weighted by atomic mass is 32.1. The van der Waals surface area contributed by atoms with Crippen molar-refractivity contribution in [2.75, 3.05) is 5.32 Å². The monoisotopic (exact) mass is 391 g/mol. The minimum absolute atomic E-state index is 0.270. The van der Waals surface area contributed by atoms with Gasteiger partial charge in [-0.15, -0.1) is 11.3 Å². The normalized spacial score (nSPS) is 10.9. The third kappa shape index (κ3) is 3.14. The van der Waals surface area contributed by atoms with E-state index >= 15 is 0 Å². The first-order valence-electron chi connectivity index (χ1n) is 8.53. The molecule has 3 aromatic heterocycles. The maximum Gasteiger partial charge on any atom is 0.256 e. The second-order valence-corrected chi connectivity index (χ2v) is 7.28. The maximum atomic E-state index is 13.1. The molecule has 3 N–H and O–H groups in total. The molecule has 1 aromatic carbocycles. The van der Waals surface area contributed by atoms with Gasteiger partial charge in [-0.25, -0.2) is 4.98 Å². The number of nitrogens with two attached hydrogens (primary N) is 1. The van der Waals surface area contributed by atoms with Gasteiger partial charge in [0.2, 0.25) is 5.91 Å². The molecule has 0 unspecified atom stereocenters. The molecule has 7 nitrogen and oxygen atoms in total. The van der Waals surface area contributed by atoms with Gasteiger partial charge < -0.3 is 11.1 Å². The van der Waals surface area contributed by atoms with E-state index in [9.17, 15) is 9.59 Å². The van der Waals surface area contributed by atoms with E-state index in [1.165, 1.54) is 0 Å². The van der Waals surface area contributed by atoms with E-state index in [0.29, 0.717) is 27.8 Å². The summed E-state index contributed by atoms with van der Waals surface area (Å²) in [5, 5.41) is 9.98. The highest BCUT2D eigenvalue weighted by Gasteiger charge is 2.19. The molecule has 4 rings (SSSR count). The lowest BCUT2D eigenvalue weighted by atomic mass is 10.1. The first-order chi connectivity index (χ1) is 13.4. The van der Waals surface area contributed by atoms with Gasteiger partial charge in [-0.1, -0.05) is 6.07 Å². The number of fused-ring (bicyclic) bond motifs is 1. The van der Waals surface area contributed by atoms with Crippen LogP contribution in [0.15, 0.2) is 47.8 Å². The summed E-state index contributed by atoms with van der Waals surface area (Å²) in [6, 6.07) is 12.1. The summed E-state index contributed by atoms with van der Waals surface area (Å²) in [7, 11) is 1.81. The number of amides is 2. The molecule has 0 aliphatic rings. The molecule has 0 saturated heterocycles. The number of hydrogen-bond acceptors (Lipinski definition) is 5.